The zero-order chi connectivity index (χ0) is 20.0. The van der Waals surface area contributed by atoms with E-state index < -0.39 is 10.0 Å². The Labute approximate surface area is 164 Å². The van der Waals surface area contributed by atoms with Crippen molar-refractivity contribution in [3.05, 3.63) is 47.1 Å². The number of hydrogen-bond donors (Lipinski definition) is 2. The number of pyridine rings is 1. The van der Waals surface area contributed by atoms with E-state index in [1.54, 1.807) is 32.0 Å². The third kappa shape index (κ3) is 5.18. The van der Waals surface area contributed by atoms with Crippen LogP contribution in [-0.2, 0) is 14.8 Å². The van der Waals surface area contributed by atoms with Crippen molar-refractivity contribution in [3.8, 4) is 0 Å². The van der Waals surface area contributed by atoms with E-state index in [2.05, 4.69) is 15.6 Å². The smallest absolute Gasteiger partial charge is 0.244 e. The van der Waals surface area contributed by atoms with E-state index in [0.29, 0.717) is 29.6 Å². The lowest BCUT2D eigenvalue weighted by Gasteiger charge is -2.18. The van der Waals surface area contributed by atoms with E-state index in [1.807, 2.05) is 6.92 Å². The van der Waals surface area contributed by atoms with Crippen LogP contribution >= 0.6 is 11.6 Å². The summed E-state index contributed by atoms with van der Waals surface area (Å²) in [7, 11) is -3.55. The summed E-state index contributed by atoms with van der Waals surface area (Å²) in [6.07, 6.45) is 1.29. The predicted octanol–water partition coefficient (Wildman–Crippen LogP) is 3.12. The topological polar surface area (TPSA) is 91.4 Å². The van der Waals surface area contributed by atoms with Crippen molar-refractivity contribution in [1.82, 2.24) is 9.29 Å². The third-order valence-electron chi connectivity index (χ3n) is 4.05. The molecule has 0 saturated carbocycles. The first-order chi connectivity index (χ1) is 12.8. The van der Waals surface area contributed by atoms with Crippen LogP contribution in [0.15, 0.2) is 41.4 Å². The maximum Gasteiger partial charge on any atom is 0.244 e. The molecule has 0 fully saturated rings. The molecule has 2 N–H and O–H groups in total. The van der Waals surface area contributed by atoms with Gasteiger partial charge in [-0.3, -0.25) is 4.79 Å². The van der Waals surface area contributed by atoms with Crippen LogP contribution in [0.2, 0.25) is 5.02 Å². The standard InChI is InChI=1S/C18H23ClN4O3S/c1-4-23(5-2)27(25,26)14-9-10-17(20-11-14)21-12-18(24)22-16-8-6-7-15(19)13(16)3/h6-11H,4-5,12H2,1-3H3,(H,20,21)(H,22,24). The molecule has 0 spiro atoms. The average Bonchev–Trinajstić information content (AvgIpc) is 2.65. The van der Waals surface area contributed by atoms with Gasteiger partial charge >= 0.3 is 0 Å². The Hall–Kier alpha value is -2.16. The number of carbonyl (C=O) groups is 1. The number of halogens is 1. The molecule has 0 atom stereocenters. The van der Waals surface area contributed by atoms with Gasteiger partial charge in [-0.2, -0.15) is 4.31 Å². The van der Waals surface area contributed by atoms with Gasteiger partial charge in [0.05, 0.1) is 6.54 Å². The Morgan fingerprint density at radius 1 is 1.19 bits per heavy atom. The molecule has 27 heavy (non-hydrogen) atoms. The van der Waals surface area contributed by atoms with Gasteiger partial charge < -0.3 is 10.6 Å². The number of aromatic nitrogens is 1. The fraction of sp³-hybridized carbons (Fsp3) is 0.333. The largest absolute Gasteiger partial charge is 0.361 e. The molecule has 9 heteroatoms. The molecule has 0 aliphatic rings. The summed E-state index contributed by atoms with van der Waals surface area (Å²) >= 11 is 6.04. The maximum absolute atomic E-state index is 12.4. The molecule has 0 aliphatic heterocycles. The van der Waals surface area contributed by atoms with E-state index in [-0.39, 0.29) is 17.3 Å². The molecule has 146 valence electrons. The monoisotopic (exact) mass is 410 g/mol. The average molecular weight is 411 g/mol. The van der Waals surface area contributed by atoms with Gasteiger partial charge in [-0.1, -0.05) is 31.5 Å². The molecule has 0 saturated heterocycles. The van der Waals surface area contributed by atoms with Gasteiger partial charge in [0.25, 0.3) is 0 Å². The Morgan fingerprint density at radius 2 is 1.89 bits per heavy atom. The normalized spacial score (nSPS) is 11.4. The summed E-state index contributed by atoms with van der Waals surface area (Å²) in [4.78, 5) is 16.3. The summed E-state index contributed by atoms with van der Waals surface area (Å²) in [6.45, 7) is 6.15. The first kappa shape index (κ1) is 21.1. The first-order valence-corrected chi connectivity index (χ1v) is 10.4. The highest BCUT2D eigenvalue weighted by Gasteiger charge is 2.21. The van der Waals surface area contributed by atoms with Crippen LogP contribution < -0.4 is 10.6 Å². The second kappa shape index (κ2) is 9.16. The minimum absolute atomic E-state index is 0.0128. The number of sulfonamides is 1. The second-order valence-corrected chi connectivity index (χ2v) is 8.13. The molecular weight excluding hydrogens is 388 g/mol. The van der Waals surface area contributed by atoms with Gasteiger partial charge in [-0.15, -0.1) is 0 Å². The van der Waals surface area contributed by atoms with E-state index in [9.17, 15) is 13.2 Å². The number of hydrogen-bond acceptors (Lipinski definition) is 5. The van der Waals surface area contributed by atoms with Gasteiger partial charge in [-0.25, -0.2) is 13.4 Å². The van der Waals surface area contributed by atoms with E-state index >= 15 is 0 Å². The minimum Gasteiger partial charge on any atom is -0.361 e. The van der Waals surface area contributed by atoms with Crippen molar-refractivity contribution in [2.45, 2.75) is 25.7 Å². The molecule has 1 heterocycles. The van der Waals surface area contributed by atoms with E-state index in [1.165, 1.54) is 22.6 Å². The Morgan fingerprint density at radius 3 is 2.48 bits per heavy atom. The molecule has 1 aromatic heterocycles. The molecule has 0 unspecified atom stereocenters. The summed E-state index contributed by atoms with van der Waals surface area (Å²) in [6, 6.07) is 8.29. The van der Waals surface area contributed by atoms with Gasteiger partial charge in [0.15, 0.2) is 0 Å². The molecule has 0 radical (unpaired) electrons. The third-order valence-corrected chi connectivity index (χ3v) is 6.49. The molecule has 2 aromatic rings. The highest BCUT2D eigenvalue weighted by molar-refractivity contribution is 7.89. The second-order valence-electron chi connectivity index (χ2n) is 5.78. The van der Waals surface area contributed by atoms with Crippen molar-refractivity contribution in [1.29, 1.82) is 0 Å². The molecule has 7 nitrogen and oxygen atoms in total. The lowest BCUT2D eigenvalue weighted by molar-refractivity contribution is -0.114. The minimum atomic E-state index is -3.55. The summed E-state index contributed by atoms with van der Waals surface area (Å²) < 4.78 is 26.2. The van der Waals surface area contributed by atoms with Crippen molar-refractivity contribution in [3.63, 3.8) is 0 Å². The van der Waals surface area contributed by atoms with Crippen LogP contribution in [0, 0.1) is 6.92 Å². The first-order valence-electron chi connectivity index (χ1n) is 8.54. The van der Waals surface area contributed by atoms with Crippen LogP contribution in [0.25, 0.3) is 0 Å². The SMILES string of the molecule is CCN(CC)S(=O)(=O)c1ccc(NCC(=O)Nc2cccc(Cl)c2C)nc1. The lowest BCUT2D eigenvalue weighted by atomic mass is 10.2. The number of benzene rings is 1. The lowest BCUT2D eigenvalue weighted by Crippen LogP contribution is -2.30. The Balaban J connectivity index is 1.99. The summed E-state index contributed by atoms with van der Waals surface area (Å²) in [5.41, 5.74) is 1.43. The number of amides is 1. The highest BCUT2D eigenvalue weighted by atomic mass is 35.5. The van der Waals surface area contributed by atoms with E-state index in [4.69, 9.17) is 11.6 Å². The van der Waals surface area contributed by atoms with Crippen LogP contribution in [0.3, 0.4) is 0 Å². The van der Waals surface area contributed by atoms with Crippen LogP contribution in [0.1, 0.15) is 19.4 Å². The Kier molecular flexibility index (Phi) is 7.18. The summed E-state index contributed by atoms with van der Waals surface area (Å²) in [5.74, 6) is 0.147. The number of anilines is 2. The predicted molar refractivity (Wildman–Crippen MR) is 108 cm³/mol. The molecule has 0 bridgehead atoms. The van der Waals surface area contributed by atoms with Gasteiger partial charge in [-0.05, 0) is 36.8 Å². The molecule has 1 amide bonds. The van der Waals surface area contributed by atoms with Gasteiger partial charge in [0, 0.05) is 30.0 Å². The number of nitrogens with zero attached hydrogens (tertiary/aromatic N) is 2. The van der Waals surface area contributed by atoms with Crippen molar-refractivity contribution >= 4 is 39.0 Å². The summed E-state index contributed by atoms with van der Waals surface area (Å²) in [5, 5.41) is 6.22. The number of rotatable bonds is 8. The quantitative estimate of drug-likeness (QED) is 0.697. The zero-order valence-corrected chi connectivity index (χ0v) is 17.1. The maximum atomic E-state index is 12.4. The van der Waals surface area contributed by atoms with Gasteiger partial charge in [0.1, 0.15) is 10.7 Å². The van der Waals surface area contributed by atoms with Crippen molar-refractivity contribution in [2.75, 3.05) is 30.3 Å². The van der Waals surface area contributed by atoms with Crippen molar-refractivity contribution in [2.24, 2.45) is 0 Å². The number of nitrogens with one attached hydrogen (secondary N) is 2. The van der Waals surface area contributed by atoms with Crippen molar-refractivity contribution < 1.29 is 13.2 Å². The van der Waals surface area contributed by atoms with Gasteiger partial charge in [0.2, 0.25) is 15.9 Å². The Bertz CT molecular complexity index is 897. The number of carbonyl (C=O) groups excluding carboxylic acids is 1. The molecular formula is C18H23ClN4O3S. The van der Waals surface area contributed by atoms with Crippen LogP contribution in [0.5, 0.6) is 0 Å². The molecule has 1 aromatic carbocycles. The fourth-order valence-electron chi connectivity index (χ4n) is 2.46. The zero-order valence-electron chi connectivity index (χ0n) is 15.5. The van der Waals surface area contributed by atoms with E-state index in [0.717, 1.165) is 5.56 Å². The molecule has 0 aliphatic carbocycles. The fourth-order valence-corrected chi connectivity index (χ4v) is 4.04. The van der Waals surface area contributed by atoms with Crippen LogP contribution in [-0.4, -0.2) is 43.2 Å². The van der Waals surface area contributed by atoms with Crippen LogP contribution in [0.4, 0.5) is 11.5 Å². The highest BCUT2D eigenvalue weighted by Crippen LogP contribution is 2.22. The molecule has 2 rings (SSSR count).